The Kier molecular flexibility index (Phi) is 6.82. The Hall–Kier alpha value is -1.60. The standard InChI is InChI=1S/C10H8O.C6H5I/c1-2-6-10(11)9-7-4-3-5-8-9;7-6-4-2-1-3-5-6/h3-5,7-8H,1H3;1-5H. The summed E-state index contributed by atoms with van der Waals surface area (Å²) >= 11 is 2.28. The maximum absolute atomic E-state index is 11.1. The zero-order chi connectivity index (χ0) is 13.2. The Bertz CT molecular complexity index is 536. The van der Waals surface area contributed by atoms with Gasteiger partial charge in [-0.25, -0.2) is 0 Å². The first kappa shape index (κ1) is 14.5. The monoisotopic (exact) mass is 348 g/mol. The van der Waals surface area contributed by atoms with Gasteiger partial charge >= 0.3 is 0 Å². The van der Waals surface area contributed by atoms with E-state index in [1.165, 1.54) is 3.57 Å². The van der Waals surface area contributed by atoms with Crippen LogP contribution in [0.4, 0.5) is 0 Å². The lowest BCUT2D eigenvalue weighted by molar-refractivity contribution is 0.105. The molecule has 0 aliphatic carbocycles. The Balaban J connectivity index is 0.000000199. The summed E-state index contributed by atoms with van der Waals surface area (Å²) in [6, 6.07) is 19.2. The highest BCUT2D eigenvalue weighted by Crippen LogP contribution is 2.00. The fourth-order valence-corrected chi connectivity index (χ4v) is 1.61. The van der Waals surface area contributed by atoms with E-state index in [1.54, 1.807) is 19.1 Å². The van der Waals surface area contributed by atoms with Gasteiger partial charge in [-0.3, -0.25) is 4.79 Å². The summed E-state index contributed by atoms with van der Waals surface area (Å²) in [4.78, 5) is 11.1. The van der Waals surface area contributed by atoms with Gasteiger partial charge in [0.2, 0.25) is 5.78 Å². The lowest BCUT2D eigenvalue weighted by atomic mass is 10.1. The van der Waals surface area contributed by atoms with Gasteiger partial charge in [-0.15, -0.1) is 0 Å². The Labute approximate surface area is 121 Å². The van der Waals surface area contributed by atoms with E-state index in [2.05, 4.69) is 46.6 Å². The SMILES string of the molecule is CC#CC(=O)c1ccccc1.Ic1ccccc1. The first-order valence-corrected chi connectivity index (χ1v) is 6.54. The maximum atomic E-state index is 11.1. The van der Waals surface area contributed by atoms with Crippen molar-refractivity contribution >= 4 is 28.4 Å². The highest BCUT2D eigenvalue weighted by atomic mass is 127. The molecule has 2 aromatic carbocycles. The molecule has 0 saturated carbocycles. The van der Waals surface area contributed by atoms with Crippen LogP contribution in [0.1, 0.15) is 17.3 Å². The van der Waals surface area contributed by atoms with Crippen LogP contribution >= 0.6 is 22.6 Å². The van der Waals surface area contributed by atoms with Crippen LogP contribution < -0.4 is 0 Å². The van der Waals surface area contributed by atoms with E-state index < -0.39 is 0 Å². The molecule has 0 bridgehead atoms. The summed E-state index contributed by atoms with van der Waals surface area (Å²) < 4.78 is 1.29. The van der Waals surface area contributed by atoms with Gasteiger partial charge in [-0.2, -0.15) is 0 Å². The second-order valence-electron chi connectivity index (χ2n) is 3.37. The second kappa shape index (κ2) is 8.48. The maximum Gasteiger partial charge on any atom is 0.235 e. The molecule has 0 atom stereocenters. The minimum absolute atomic E-state index is 0.117. The van der Waals surface area contributed by atoms with Crippen molar-refractivity contribution in [3.05, 3.63) is 69.8 Å². The molecule has 0 unspecified atom stereocenters. The number of carbonyl (C=O) groups excluding carboxylic acids is 1. The second-order valence-corrected chi connectivity index (χ2v) is 4.61. The largest absolute Gasteiger partial charge is 0.279 e. The first-order chi connectivity index (χ1) is 8.74. The summed E-state index contributed by atoms with van der Waals surface area (Å²) in [5.74, 6) is 4.92. The highest BCUT2D eigenvalue weighted by Gasteiger charge is 1.97. The van der Waals surface area contributed by atoms with Crippen LogP contribution in [0.25, 0.3) is 0 Å². The predicted molar refractivity (Wildman–Crippen MR) is 83.4 cm³/mol. The van der Waals surface area contributed by atoms with E-state index >= 15 is 0 Å². The van der Waals surface area contributed by atoms with Crippen molar-refractivity contribution in [2.24, 2.45) is 0 Å². The van der Waals surface area contributed by atoms with E-state index in [1.807, 2.05) is 36.4 Å². The van der Waals surface area contributed by atoms with Gasteiger partial charge in [-0.05, 0) is 47.6 Å². The van der Waals surface area contributed by atoms with E-state index in [0.717, 1.165) is 0 Å². The molecule has 1 nitrogen and oxygen atoms in total. The van der Waals surface area contributed by atoms with E-state index in [9.17, 15) is 4.79 Å². The number of benzene rings is 2. The first-order valence-electron chi connectivity index (χ1n) is 5.46. The topological polar surface area (TPSA) is 17.1 Å². The number of Topliss-reactive ketones (excluding diaryl/α,β-unsaturated/α-hetero) is 1. The number of hydrogen-bond acceptors (Lipinski definition) is 1. The predicted octanol–water partition coefficient (Wildman–Crippen LogP) is 4.18. The average molecular weight is 348 g/mol. The van der Waals surface area contributed by atoms with Crippen LogP contribution in [-0.2, 0) is 0 Å². The van der Waals surface area contributed by atoms with Gasteiger partial charge in [0.05, 0.1) is 0 Å². The lowest BCUT2D eigenvalue weighted by Crippen LogP contribution is -1.92. The molecule has 0 heterocycles. The van der Waals surface area contributed by atoms with Crippen molar-refractivity contribution in [2.45, 2.75) is 6.92 Å². The third-order valence-corrected chi connectivity index (χ3v) is 2.73. The van der Waals surface area contributed by atoms with Crippen molar-refractivity contribution < 1.29 is 4.79 Å². The molecule has 2 heteroatoms. The lowest BCUT2D eigenvalue weighted by Gasteiger charge is -1.89. The van der Waals surface area contributed by atoms with Crippen LogP contribution in [0.2, 0.25) is 0 Å². The molecule has 0 aliphatic rings. The summed E-state index contributed by atoms with van der Waals surface area (Å²) in [5, 5.41) is 0. The summed E-state index contributed by atoms with van der Waals surface area (Å²) in [5.41, 5.74) is 0.654. The minimum atomic E-state index is -0.117. The molecule has 0 aliphatic heterocycles. The van der Waals surface area contributed by atoms with Crippen LogP contribution in [-0.4, -0.2) is 5.78 Å². The average Bonchev–Trinajstić information content (AvgIpc) is 2.42. The number of carbonyl (C=O) groups is 1. The number of ketones is 1. The van der Waals surface area contributed by atoms with Gasteiger partial charge < -0.3 is 0 Å². The van der Waals surface area contributed by atoms with Gasteiger partial charge in [-0.1, -0.05) is 54.5 Å². The molecular formula is C16H13IO. The zero-order valence-electron chi connectivity index (χ0n) is 10.1. The van der Waals surface area contributed by atoms with Gasteiger partial charge in [0.1, 0.15) is 0 Å². The Morgan fingerprint density at radius 2 is 1.44 bits per heavy atom. The molecule has 2 rings (SSSR count). The van der Waals surface area contributed by atoms with Gasteiger partial charge in [0, 0.05) is 9.13 Å². The number of hydrogen-bond donors (Lipinski definition) is 0. The van der Waals surface area contributed by atoms with E-state index in [4.69, 9.17) is 0 Å². The molecule has 0 N–H and O–H groups in total. The molecule has 90 valence electrons. The van der Waals surface area contributed by atoms with Crippen LogP contribution in [0.15, 0.2) is 60.7 Å². The number of rotatable bonds is 1. The summed E-state index contributed by atoms with van der Waals surface area (Å²) in [6.45, 7) is 1.65. The quantitative estimate of drug-likeness (QED) is 0.327. The molecule has 0 amide bonds. The molecule has 0 fully saturated rings. The van der Waals surface area contributed by atoms with Crippen molar-refractivity contribution in [2.75, 3.05) is 0 Å². The minimum Gasteiger partial charge on any atom is -0.279 e. The van der Waals surface area contributed by atoms with Crippen LogP contribution in [0.5, 0.6) is 0 Å². The normalized spacial score (nSPS) is 8.33. The van der Waals surface area contributed by atoms with E-state index in [-0.39, 0.29) is 5.78 Å². The van der Waals surface area contributed by atoms with Crippen molar-refractivity contribution in [3.8, 4) is 11.8 Å². The smallest absolute Gasteiger partial charge is 0.235 e. The van der Waals surface area contributed by atoms with E-state index in [0.29, 0.717) is 5.56 Å². The molecule has 0 spiro atoms. The summed E-state index contributed by atoms with van der Waals surface area (Å²) in [7, 11) is 0. The molecular weight excluding hydrogens is 335 g/mol. The molecule has 0 aromatic heterocycles. The molecule has 0 saturated heterocycles. The summed E-state index contributed by atoms with van der Waals surface area (Å²) in [6.07, 6.45) is 0. The highest BCUT2D eigenvalue weighted by molar-refractivity contribution is 14.1. The molecule has 0 radical (unpaired) electrons. The number of halogens is 1. The zero-order valence-corrected chi connectivity index (χ0v) is 12.2. The van der Waals surface area contributed by atoms with Gasteiger partial charge in [0.25, 0.3) is 0 Å². The Morgan fingerprint density at radius 3 is 1.83 bits per heavy atom. The van der Waals surface area contributed by atoms with Crippen molar-refractivity contribution in [1.82, 2.24) is 0 Å². The fraction of sp³-hybridized carbons (Fsp3) is 0.0625. The fourth-order valence-electron chi connectivity index (χ4n) is 1.19. The Morgan fingerprint density at radius 1 is 0.944 bits per heavy atom. The van der Waals surface area contributed by atoms with Crippen LogP contribution in [0.3, 0.4) is 0 Å². The third kappa shape index (κ3) is 5.65. The third-order valence-electron chi connectivity index (χ3n) is 2.01. The van der Waals surface area contributed by atoms with Crippen LogP contribution in [0, 0.1) is 15.4 Å². The van der Waals surface area contributed by atoms with Crippen molar-refractivity contribution in [1.29, 1.82) is 0 Å². The molecule has 2 aromatic rings. The molecule has 18 heavy (non-hydrogen) atoms. The van der Waals surface area contributed by atoms with Crippen molar-refractivity contribution in [3.63, 3.8) is 0 Å². The van der Waals surface area contributed by atoms with Gasteiger partial charge in [0.15, 0.2) is 0 Å².